The molecule has 2 amide bonds. The van der Waals surface area contributed by atoms with Crippen LogP contribution in [0.4, 0.5) is 0 Å². The van der Waals surface area contributed by atoms with E-state index in [4.69, 9.17) is 23.2 Å². The number of sulfone groups is 1. The molecule has 1 aromatic carbocycles. The fraction of sp³-hybridized carbons (Fsp3) is 0.529. The average molecular weight is 421 g/mol. The minimum atomic E-state index is -3.09. The highest BCUT2D eigenvalue weighted by molar-refractivity contribution is 7.91. The normalized spacial score (nSPS) is 18.5. The Hall–Kier alpha value is -1.31. The first-order valence-electron chi connectivity index (χ1n) is 8.46. The van der Waals surface area contributed by atoms with Crippen molar-refractivity contribution in [2.75, 3.05) is 24.6 Å². The quantitative estimate of drug-likeness (QED) is 0.734. The summed E-state index contributed by atoms with van der Waals surface area (Å²) in [6.07, 6.45) is 2.11. The molecule has 1 aliphatic rings. The van der Waals surface area contributed by atoms with E-state index in [1.807, 2.05) is 6.92 Å². The molecule has 1 aliphatic heterocycles. The molecule has 9 heteroatoms. The van der Waals surface area contributed by atoms with E-state index in [9.17, 15) is 18.0 Å². The zero-order chi connectivity index (χ0) is 19.3. The van der Waals surface area contributed by atoms with Crippen molar-refractivity contribution in [2.45, 2.75) is 32.2 Å². The first-order valence-corrected chi connectivity index (χ1v) is 11.0. The third kappa shape index (κ3) is 5.59. The van der Waals surface area contributed by atoms with Gasteiger partial charge in [-0.2, -0.15) is 0 Å². The van der Waals surface area contributed by atoms with Crippen molar-refractivity contribution in [2.24, 2.45) is 0 Å². The van der Waals surface area contributed by atoms with Gasteiger partial charge in [0.1, 0.15) is 0 Å². The molecular weight excluding hydrogens is 399 g/mol. The monoisotopic (exact) mass is 420 g/mol. The maximum atomic E-state index is 12.6. The Balaban J connectivity index is 1.99. The predicted molar refractivity (Wildman–Crippen MR) is 102 cm³/mol. The number of halogens is 2. The van der Waals surface area contributed by atoms with Crippen LogP contribution in [0.2, 0.25) is 10.0 Å². The zero-order valence-corrected chi connectivity index (χ0v) is 16.8. The highest BCUT2D eigenvalue weighted by atomic mass is 35.5. The molecule has 26 heavy (non-hydrogen) atoms. The van der Waals surface area contributed by atoms with Crippen molar-refractivity contribution in [1.82, 2.24) is 10.2 Å². The Labute approximate surface area is 163 Å². The number of benzene rings is 1. The van der Waals surface area contributed by atoms with Gasteiger partial charge in [-0.05, 0) is 31.0 Å². The SMILES string of the molecule is CCCCN(C(=O)CNC(=O)c1ccc(Cl)c(Cl)c1)C1CCS(=O)(=O)C1. The lowest BCUT2D eigenvalue weighted by molar-refractivity contribution is -0.132. The van der Waals surface area contributed by atoms with Crippen LogP contribution >= 0.6 is 23.2 Å². The van der Waals surface area contributed by atoms with E-state index in [1.165, 1.54) is 18.2 Å². The first kappa shape index (κ1) is 21.0. The standard InChI is InChI=1S/C17H22Cl2N2O4S/c1-2-3-7-21(13-6-8-26(24,25)11-13)16(22)10-20-17(23)12-4-5-14(18)15(19)9-12/h4-5,9,13H,2-3,6-8,10-11H2,1H3,(H,20,23). The van der Waals surface area contributed by atoms with Gasteiger partial charge in [0.05, 0.1) is 28.1 Å². The Morgan fingerprint density at radius 3 is 2.58 bits per heavy atom. The number of hydrogen-bond donors (Lipinski definition) is 1. The summed E-state index contributed by atoms with van der Waals surface area (Å²) in [7, 11) is -3.09. The van der Waals surface area contributed by atoms with Crippen molar-refractivity contribution in [1.29, 1.82) is 0 Å². The maximum Gasteiger partial charge on any atom is 0.251 e. The molecule has 144 valence electrons. The number of rotatable bonds is 7. The zero-order valence-electron chi connectivity index (χ0n) is 14.5. The highest BCUT2D eigenvalue weighted by Gasteiger charge is 2.34. The molecule has 1 heterocycles. The van der Waals surface area contributed by atoms with Crippen molar-refractivity contribution in [3.63, 3.8) is 0 Å². The smallest absolute Gasteiger partial charge is 0.251 e. The van der Waals surface area contributed by atoms with Gasteiger partial charge in [0.2, 0.25) is 5.91 Å². The van der Waals surface area contributed by atoms with E-state index < -0.39 is 15.7 Å². The summed E-state index contributed by atoms with van der Waals surface area (Å²) in [6, 6.07) is 4.15. The van der Waals surface area contributed by atoms with Gasteiger partial charge in [-0.1, -0.05) is 36.5 Å². The van der Waals surface area contributed by atoms with Gasteiger partial charge in [0.15, 0.2) is 9.84 Å². The summed E-state index contributed by atoms with van der Waals surface area (Å²) in [4.78, 5) is 26.4. The summed E-state index contributed by atoms with van der Waals surface area (Å²) < 4.78 is 23.4. The number of carbonyl (C=O) groups is 2. The molecule has 1 saturated heterocycles. The fourth-order valence-electron chi connectivity index (χ4n) is 2.86. The second-order valence-electron chi connectivity index (χ2n) is 6.31. The van der Waals surface area contributed by atoms with Crippen molar-refractivity contribution in [3.05, 3.63) is 33.8 Å². The second kappa shape index (κ2) is 9.06. The lowest BCUT2D eigenvalue weighted by Crippen LogP contribution is -2.46. The van der Waals surface area contributed by atoms with Crippen molar-refractivity contribution in [3.8, 4) is 0 Å². The summed E-state index contributed by atoms with van der Waals surface area (Å²) in [5.74, 6) is -0.632. The van der Waals surface area contributed by atoms with Gasteiger partial charge in [0.25, 0.3) is 5.91 Å². The molecule has 1 atom stereocenters. The van der Waals surface area contributed by atoms with E-state index >= 15 is 0 Å². The number of nitrogens with one attached hydrogen (secondary N) is 1. The molecular formula is C17H22Cl2N2O4S. The van der Waals surface area contributed by atoms with Crippen LogP contribution in [-0.2, 0) is 14.6 Å². The van der Waals surface area contributed by atoms with Gasteiger partial charge in [-0.3, -0.25) is 9.59 Å². The maximum absolute atomic E-state index is 12.6. The van der Waals surface area contributed by atoms with E-state index in [2.05, 4.69) is 5.32 Å². The van der Waals surface area contributed by atoms with Crippen molar-refractivity contribution >= 4 is 44.9 Å². The van der Waals surface area contributed by atoms with Gasteiger partial charge in [0, 0.05) is 18.2 Å². The molecule has 2 rings (SSSR count). The molecule has 1 N–H and O–H groups in total. The van der Waals surface area contributed by atoms with Gasteiger partial charge >= 0.3 is 0 Å². The molecule has 0 aliphatic carbocycles. The van der Waals surface area contributed by atoms with E-state index in [0.717, 1.165) is 12.8 Å². The van der Waals surface area contributed by atoms with Gasteiger partial charge in [-0.25, -0.2) is 8.42 Å². The average Bonchev–Trinajstić information content (AvgIpc) is 2.95. The molecule has 0 saturated carbocycles. The fourth-order valence-corrected chi connectivity index (χ4v) is 4.89. The molecule has 0 spiro atoms. The first-order chi connectivity index (χ1) is 12.2. The van der Waals surface area contributed by atoms with Gasteiger partial charge in [-0.15, -0.1) is 0 Å². The highest BCUT2D eigenvalue weighted by Crippen LogP contribution is 2.22. The Morgan fingerprint density at radius 2 is 2.00 bits per heavy atom. The third-order valence-corrected chi connectivity index (χ3v) is 6.79. The van der Waals surface area contributed by atoms with Crippen LogP contribution in [0, 0.1) is 0 Å². The number of carbonyl (C=O) groups excluding carboxylic acids is 2. The van der Waals surface area contributed by atoms with Crippen LogP contribution in [-0.4, -0.2) is 55.8 Å². The molecule has 6 nitrogen and oxygen atoms in total. The predicted octanol–water partition coefficient (Wildman–Crippen LogP) is 2.54. The summed E-state index contributed by atoms with van der Waals surface area (Å²) in [5, 5.41) is 3.16. The van der Waals surface area contributed by atoms with Gasteiger partial charge < -0.3 is 10.2 Å². The van der Waals surface area contributed by atoms with Crippen LogP contribution in [0.5, 0.6) is 0 Å². The van der Waals surface area contributed by atoms with E-state index in [1.54, 1.807) is 4.90 Å². The second-order valence-corrected chi connectivity index (χ2v) is 9.35. The minimum Gasteiger partial charge on any atom is -0.343 e. The molecule has 0 radical (unpaired) electrons. The van der Waals surface area contributed by atoms with Crippen LogP contribution in [0.25, 0.3) is 0 Å². The Morgan fingerprint density at radius 1 is 1.27 bits per heavy atom. The van der Waals surface area contributed by atoms with E-state index in [-0.39, 0.29) is 35.0 Å². The van der Waals surface area contributed by atoms with Crippen molar-refractivity contribution < 1.29 is 18.0 Å². The molecule has 0 bridgehead atoms. The largest absolute Gasteiger partial charge is 0.343 e. The lowest BCUT2D eigenvalue weighted by Gasteiger charge is -2.28. The molecule has 1 fully saturated rings. The number of nitrogens with zero attached hydrogens (tertiary/aromatic N) is 1. The lowest BCUT2D eigenvalue weighted by atomic mass is 10.2. The summed E-state index contributed by atoms with van der Waals surface area (Å²) >= 11 is 11.7. The molecule has 1 aromatic rings. The Bertz CT molecular complexity index is 783. The number of hydrogen-bond acceptors (Lipinski definition) is 4. The van der Waals surface area contributed by atoms with Crippen LogP contribution in [0.3, 0.4) is 0 Å². The number of amides is 2. The summed E-state index contributed by atoms with van der Waals surface area (Å²) in [6.45, 7) is 2.29. The molecule has 1 unspecified atom stereocenters. The van der Waals surface area contributed by atoms with Crippen LogP contribution in [0.15, 0.2) is 18.2 Å². The van der Waals surface area contributed by atoms with Crippen LogP contribution < -0.4 is 5.32 Å². The van der Waals surface area contributed by atoms with Crippen LogP contribution in [0.1, 0.15) is 36.5 Å². The minimum absolute atomic E-state index is 0.0107. The number of unbranched alkanes of at least 4 members (excludes halogenated alkanes) is 1. The molecule has 0 aromatic heterocycles. The Kier molecular flexibility index (Phi) is 7.32. The topological polar surface area (TPSA) is 83.6 Å². The van der Waals surface area contributed by atoms with E-state index in [0.29, 0.717) is 23.6 Å². The summed E-state index contributed by atoms with van der Waals surface area (Å²) in [5.41, 5.74) is 0.302. The third-order valence-electron chi connectivity index (χ3n) is 4.30.